The molecule has 1 aromatic rings. The predicted molar refractivity (Wildman–Crippen MR) is 77.9 cm³/mol. The second kappa shape index (κ2) is 5.60. The third-order valence-electron chi connectivity index (χ3n) is 3.54. The maximum absolute atomic E-state index is 11.1. The topological polar surface area (TPSA) is 93.0 Å². The summed E-state index contributed by atoms with van der Waals surface area (Å²) < 4.78 is 0. The molecular weight excluding hydrogens is 258 g/mol. The number of rotatable bonds is 7. The molecule has 20 heavy (non-hydrogen) atoms. The van der Waals surface area contributed by atoms with Crippen molar-refractivity contribution in [1.29, 1.82) is 0 Å². The van der Waals surface area contributed by atoms with Crippen molar-refractivity contribution in [1.82, 2.24) is 9.97 Å². The summed E-state index contributed by atoms with van der Waals surface area (Å²) in [5, 5.41) is 17.3. The molecule has 0 radical (unpaired) electrons. The molecule has 0 unspecified atom stereocenters. The van der Waals surface area contributed by atoms with Crippen molar-refractivity contribution in [2.75, 3.05) is 17.2 Å². The Hall–Kier alpha value is -1.92. The van der Waals surface area contributed by atoms with Gasteiger partial charge in [0.15, 0.2) is 0 Å². The molecule has 7 nitrogen and oxygen atoms in total. The van der Waals surface area contributed by atoms with Gasteiger partial charge in [-0.1, -0.05) is 6.92 Å². The summed E-state index contributed by atoms with van der Waals surface area (Å²) in [6, 6.07) is 0. The minimum absolute atomic E-state index is 0.0826. The molecule has 7 heteroatoms. The van der Waals surface area contributed by atoms with E-state index in [1.54, 1.807) is 0 Å². The summed E-state index contributed by atoms with van der Waals surface area (Å²) >= 11 is 0. The van der Waals surface area contributed by atoms with Gasteiger partial charge in [0.05, 0.1) is 4.92 Å². The van der Waals surface area contributed by atoms with Crippen LogP contribution in [0, 0.1) is 16.0 Å². The Morgan fingerprint density at radius 2 is 2.20 bits per heavy atom. The highest BCUT2D eigenvalue weighted by Crippen LogP contribution is 2.41. The normalized spacial score (nSPS) is 14.9. The molecule has 0 aromatic carbocycles. The Balaban J connectivity index is 2.24. The van der Waals surface area contributed by atoms with Crippen LogP contribution in [0.5, 0.6) is 0 Å². The molecule has 0 saturated heterocycles. The first-order valence-electron chi connectivity index (χ1n) is 6.97. The number of anilines is 2. The van der Waals surface area contributed by atoms with Gasteiger partial charge in [-0.05, 0) is 39.0 Å². The lowest BCUT2D eigenvalue weighted by atomic mass is 9.99. The highest BCUT2D eigenvalue weighted by molar-refractivity contribution is 5.58. The summed E-state index contributed by atoms with van der Waals surface area (Å²) in [6.07, 6.45) is 4.51. The summed E-state index contributed by atoms with van der Waals surface area (Å²) in [6.45, 7) is 6.88. The van der Waals surface area contributed by atoms with Crippen LogP contribution in [0.2, 0.25) is 0 Å². The van der Waals surface area contributed by atoms with Gasteiger partial charge < -0.3 is 10.6 Å². The zero-order valence-electron chi connectivity index (χ0n) is 12.1. The van der Waals surface area contributed by atoms with E-state index in [2.05, 4.69) is 34.4 Å². The van der Waals surface area contributed by atoms with Crippen LogP contribution in [0.25, 0.3) is 0 Å². The second-order valence-electron chi connectivity index (χ2n) is 5.73. The largest absolute Gasteiger partial charge is 0.359 e. The average Bonchev–Trinajstić information content (AvgIpc) is 3.20. The fourth-order valence-electron chi connectivity index (χ4n) is 2.14. The number of hydrogen-bond donors (Lipinski definition) is 2. The van der Waals surface area contributed by atoms with Gasteiger partial charge in [-0.3, -0.25) is 10.1 Å². The lowest BCUT2D eigenvalue weighted by Crippen LogP contribution is -2.34. The Bertz CT molecular complexity index is 500. The number of aromatic nitrogens is 2. The van der Waals surface area contributed by atoms with Gasteiger partial charge in [0.1, 0.15) is 6.20 Å². The van der Waals surface area contributed by atoms with Crippen LogP contribution in [-0.4, -0.2) is 27.0 Å². The second-order valence-corrected chi connectivity index (χ2v) is 5.73. The molecule has 0 spiro atoms. The minimum atomic E-state index is -0.449. The van der Waals surface area contributed by atoms with E-state index >= 15 is 0 Å². The quantitative estimate of drug-likeness (QED) is 0.589. The number of nitrogens with one attached hydrogen (secondary N) is 2. The van der Waals surface area contributed by atoms with E-state index < -0.39 is 4.92 Å². The first-order chi connectivity index (χ1) is 9.44. The number of hydrogen-bond acceptors (Lipinski definition) is 6. The van der Waals surface area contributed by atoms with Gasteiger partial charge in [-0.2, -0.15) is 4.98 Å². The molecule has 0 bridgehead atoms. The highest BCUT2D eigenvalue weighted by atomic mass is 16.6. The first kappa shape index (κ1) is 14.5. The average molecular weight is 279 g/mol. The highest BCUT2D eigenvalue weighted by Gasteiger charge is 2.39. The molecule has 1 heterocycles. The van der Waals surface area contributed by atoms with Crippen molar-refractivity contribution < 1.29 is 4.92 Å². The molecule has 0 aliphatic heterocycles. The zero-order chi connectivity index (χ0) is 14.8. The van der Waals surface area contributed by atoms with Crippen molar-refractivity contribution in [3.8, 4) is 0 Å². The van der Waals surface area contributed by atoms with E-state index in [1.807, 2.05) is 6.92 Å². The fraction of sp³-hybridized carbons (Fsp3) is 0.692. The molecule has 1 saturated carbocycles. The van der Waals surface area contributed by atoms with Gasteiger partial charge in [-0.25, -0.2) is 4.98 Å². The van der Waals surface area contributed by atoms with Crippen molar-refractivity contribution in [2.24, 2.45) is 5.92 Å². The van der Waals surface area contributed by atoms with E-state index in [0.29, 0.717) is 17.7 Å². The fourth-order valence-corrected chi connectivity index (χ4v) is 2.14. The standard InChI is InChI=1S/C13H21N5O2/c1-4-7-14-12-15-8-10(18(19)20)11(16-12)17-13(2,3)9-5-6-9/h8-9H,4-7H2,1-3H3,(H2,14,15,16,17). The Labute approximate surface area is 118 Å². The maximum atomic E-state index is 11.1. The number of nitro groups is 1. The van der Waals surface area contributed by atoms with Crippen LogP contribution in [0.3, 0.4) is 0 Å². The molecule has 1 fully saturated rings. The molecule has 110 valence electrons. The first-order valence-corrected chi connectivity index (χ1v) is 6.97. The third-order valence-corrected chi connectivity index (χ3v) is 3.54. The SMILES string of the molecule is CCCNc1ncc([N+](=O)[O-])c(NC(C)(C)C2CC2)n1. The molecule has 2 rings (SSSR count). The molecule has 1 aliphatic rings. The minimum Gasteiger partial charge on any atom is -0.359 e. The van der Waals surface area contributed by atoms with Gasteiger partial charge >= 0.3 is 5.69 Å². The van der Waals surface area contributed by atoms with Crippen molar-refractivity contribution in [3.05, 3.63) is 16.3 Å². The third kappa shape index (κ3) is 3.34. The van der Waals surface area contributed by atoms with Crippen LogP contribution in [0.15, 0.2) is 6.20 Å². The van der Waals surface area contributed by atoms with Gasteiger partial charge in [0.25, 0.3) is 0 Å². The molecule has 1 aliphatic carbocycles. The van der Waals surface area contributed by atoms with E-state index in [4.69, 9.17) is 0 Å². The van der Waals surface area contributed by atoms with Gasteiger partial charge in [0.2, 0.25) is 11.8 Å². The lowest BCUT2D eigenvalue weighted by Gasteiger charge is -2.26. The zero-order valence-corrected chi connectivity index (χ0v) is 12.1. The molecular formula is C13H21N5O2. The monoisotopic (exact) mass is 279 g/mol. The Morgan fingerprint density at radius 1 is 1.50 bits per heavy atom. The number of nitrogens with zero attached hydrogens (tertiary/aromatic N) is 3. The van der Waals surface area contributed by atoms with Crippen molar-refractivity contribution in [2.45, 2.75) is 45.6 Å². The summed E-state index contributed by atoms with van der Waals surface area (Å²) in [5.41, 5.74) is -0.276. The van der Waals surface area contributed by atoms with Crippen LogP contribution in [0.4, 0.5) is 17.5 Å². The van der Waals surface area contributed by atoms with Gasteiger partial charge in [0, 0.05) is 12.1 Å². The predicted octanol–water partition coefficient (Wildman–Crippen LogP) is 2.81. The molecule has 2 N–H and O–H groups in total. The summed E-state index contributed by atoms with van der Waals surface area (Å²) in [4.78, 5) is 18.9. The van der Waals surface area contributed by atoms with Crippen LogP contribution in [-0.2, 0) is 0 Å². The summed E-state index contributed by atoms with van der Waals surface area (Å²) in [5.74, 6) is 1.26. The van der Waals surface area contributed by atoms with E-state index in [1.165, 1.54) is 6.20 Å². The molecule has 0 atom stereocenters. The Kier molecular flexibility index (Phi) is 4.06. The smallest absolute Gasteiger partial charge is 0.329 e. The van der Waals surface area contributed by atoms with Crippen LogP contribution >= 0.6 is 0 Å². The van der Waals surface area contributed by atoms with E-state index in [9.17, 15) is 10.1 Å². The maximum Gasteiger partial charge on any atom is 0.329 e. The van der Waals surface area contributed by atoms with Crippen molar-refractivity contribution >= 4 is 17.5 Å². The van der Waals surface area contributed by atoms with E-state index in [-0.39, 0.29) is 11.2 Å². The van der Waals surface area contributed by atoms with Crippen molar-refractivity contribution in [3.63, 3.8) is 0 Å². The molecule has 1 aromatic heterocycles. The Morgan fingerprint density at radius 3 is 2.75 bits per heavy atom. The molecule has 0 amide bonds. The summed E-state index contributed by atoms with van der Waals surface area (Å²) in [7, 11) is 0. The van der Waals surface area contributed by atoms with Crippen LogP contribution < -0.4 is 10.6 Å². The van der Waals surface area contributed by atoms with Gasteiger partial charge in [-0.15, -0.1) is 0 Å². The van der Waals surface area contributed by atoms with E-state index in [0.717, 1.165) is 25.8 Å². The lowest BCUT2D eigenvalue weighted by molar-refractivity contribution is -0.384. The van der Waals surface area contributed by atoms with Crippen LogP contribution in [0.1, 0.15) is 40.0 Å².